The van der Waals surface area contributed by atoms with Gasteiger partial charge in [0, 0.05) is 12.1 Å². The number of nitrogens with one attached hydrogen (secondary N) is 2. The van der Waals surface area contributed by atoms with Gasteiger partial charge in [0.1, 0.15) is 0 Å². The zero-order valence-corrected chi connectivity index (χ0v) is 12.4. The van der Waals surface area contributed by atoms with Gasteiger partial charge in [-0.25, -0.2) is 9.59 Å². The van der Waals surface area contributed by atoms with Gasteiger partial charge >= 0.3 is 12.2 Å². The molecule has 0 saturated heterocycles. The Balaban J connectivity index is 1.64. The quantitative estimate of drug-likeness (QED) is 0.641. The van der Waals surface area contributed by atoms with Crippen LogP contribution in [0.2, 0.25) is 0 Å². The summed E-state index contributed by atoms with van der Waals surface area (Å²) in [5, 5.41) is 22.6. The van der Waals surface area contributed by atoms with Crippen LogP contribution in [0.15, 0.2) is 0 Å². The summed E-state index contributed by atoms with van der Waals surface area (Å²) in [6, 6.07) is 0.267. The van der Waals surface area contributed by atoms with Crippen molar-refractivity contribution >= 4 is 12.2 Å². The summed E-state index contributed by atoms with van der Waals surface area (Å²) in [4.78, 5) is 21.2. The van der Waals surface area contributed by atoms with Crippen LogP contribution in [0.4, 0.5) is 9.59 Å². The Bertz CT molecular complexity index is 325. The van der Waals surface area contributed by atoms with Crippen molar-refractivity contribution in [3.8, 4) is 0 Å². The molecule has 2 aliphatic carbocycles. The fourth-order valence-electron chi connectivity index (χ4n) is 3.91. The third kappa shape index (κ3) is 5.44. The van der Waals surface area contributed by atoms with Crippen molar-refractivity contribution in [1.82, 2.24) is 10.6 Å². The van der Waals surface area contributed by atoms with Gasteiger partial charge in [0.15, 0.2) is 0 Å². The molecule has 0 atom stereocenters. The van der Waals surface area contributed by atoms with E-state index >= 15 is 0 Å². The second kappa shape index (κ2) is 7.52. The maximum Gasteiger partial charge on any atom is 0.404 e. The maximum atomic E-state index is 10.6. The van der Waals surface area contributed by atoms with Crippen LogP contribution in [0.1, 0.15) is 57.8 Å². The van der Waals surface area contributed by atoms with E-state index in [4.69, 9.17) is 10.2 Å². The Hall–Kier alpha value is -1.46. The molecular formula is C15H26N2O4. The minimum absolute atomic E-state index is 0.134. The van der Waals surface area contributed by atoms with E-state index < -0.39 is 12.2 Å². The van der Waals surface area contributed by atoms with Crippen LogP contribution < -0.4 is 10.6 Å². The average molecular weight is 298 g/mol. The molecule has 0 aliphatic heterocycles. The van der Waals surface area contributed by atoms with E-state index in [0.717, 1.165) is 51.4 Å². The van der Waals surface area contributed by atoms with E-state index in [-0.39, 0.29) is 12.1 Å². The van der Waals surface area contributed by atoms with Gasteiger partial charge in [0.25, 0.3) is 0 Å². The van der Waals surface area contributed by atoms with Gasteiger partial charge in [-0.05, 0) is 69.6 Å². The monoisotopic (exact) mass is 298 g/mol. The Kier molecular flexibility index (Phi) is 5.70. The SMILES string of the molecule is O=C(O)NC1CCC(CC2CCC(NC(=O)O)CC2)CC1. The fourth-order valence-corrected chi connectivity index (χ4v) is 3.91. The third-order valence-corrected chi connectivity index (χ3v) is 5.02. The Morgan fingerprint density at radius 2 is 1.05 bits per heavy atom. The van der Waals surface area contributed by atoms with Crippen LogP contribution in [0, 0.1) is 11.8 Å². The van der Waals surface area contributed by atoms with Crippen LogP contribution in [0.5, 0.6) is 0 Å². The molecule has 0 aromatic carbocycles. The molecule has 120 valence electrons. The van der Waals surface area contributed by atoms with Gasteiger partial charge in [-0.1, -0.05) is 0 Å². The second-order valence-electron chi connectivity index (χ2n) is 6.57. The zero-order chi connectivity index (χ0) is 15.2. The lowest BCUT2D eigenvalue weighted by molar-refractivity contribution is 0.170. The Morgan fingerprint density at radius 3 is 1.33 bits per heavy atom. The van der Waals surface area contributed by atoms with Crippen molar-refractivity contribution < 1.29 is 19.8 Å². The highest BCUT2D eigenvalue weighted by molar-refractivity contribution is 5.65. The lowest BCUT2D eigenvalue weighted by Crippen LogP contribution is -2.38. The molecule has 2 rings (SSSR count). The molecule has 2 aliphatic rings. The second-order valence-corrected chi connectivity index (χ2v) is 6.57. The van der Waals surface area contributed by atoms with Crippen molar-refractivity contribution in [2.45, 2.75) is 69.9 Å². The van der Waals surface area contributed by atoms with E-state index in [9.17, 15) is 9.59 Å². The molecule has 0 spiro atoms. The molecule has 21 heavy (non-hydrogen) atoms. The summed E-state index contributed by atoms with van der Waals surface area (Å²) in [7, 11) is 0. The highest BCUT2D eigenvalue weighted by Gasteiger charge is 2.27. The summed E-state index contributed by atoms with van der Waals surface area (Å²) >= 11 is 0. The minimum Gasteiger partial charge on any atom is -0.465 e. The van der Waals surface area contributed by atoms with Crippen molar-refractivity contribution in [3.05, 3.63) is 0 Å². The first-order chi connectivity index (χ1) is 10.0. The fraction of sp³-hybridized carbons (Fsp3) is 0.867. The summed E-state index contributed by atoms with van der Waals surface area (Å²) < 4.78 is 0. The largest absolute Gasteiger partial charge is 0.465 e. The Morgan fingerprint density at radius 1 is 0.714 bits per heavy atom. The highest BCUT2D eigenvalue weighted by atomic mass is 16.4. The molecule has 0 radical (unpaired) electrons. The lowest BCUT2D eigenvalue weighted by Gasteiger charge is -2.34. The van der Waals surface area contributed by atoms with Gasteiger partial charge in [-0.2, -0.15) is 0 Å². The van der Waals surface area contributed by atoms with Crippen LogP contribution >= 0.6 is 0 Å². The molecule has 6 heteroatoms. The van der Waals surface area contributed by atoms with Crippen molar-refractivity contribution in [2.24, 2.45) is 11.8 Å². The van der Waals surface area contributed by atoms with Gasteiger partial charge in [0.2, 0.25) is 0 Å². The number of amides is 2. The summed E-state index contributed by atoms with van der Waals surface area (Å²) in [6.07, 6.45) is 7.64. The van der Waals surface area contributed by atoms with E-state index in [1.165, 1.54) is 6.42 Å². The molecule has 4 N–H and O–H groups in total. The molecule has 2 amide bonds. The van der Waals surface area contributed by atoms with Gasteiger partial charge in [-0.3, -0.25) is 0 Å². The minimum atomic E-state index is -0.914. The molecule has 2 fully saturated rings. The normalized spacial score (nSPS) is 33.1. The van der Waals surface area contributed by atoms with Gasteiger partial charge < -0.3 is 20.8 Å². The molecule has 0 unspecified atom stereocenters. The molecule has 0 bridgehead atoms. The predicted octanol–water partition coefficient (Wildman–Crippen LogP) is 3.03. The standard InChI is InChI=1S/C15H26N2O4/c18-14(19)16-12-5-1-10(2-6-12)9-11-3-7-13(8-4-11)17-15(20)21/h10-13,16-17H,1-9H2,(H,18,19)(H,20,21). The highest BCUT2D eigenvalue weighted by Crippen LogP contribution is 2.35. The summed E-state index contributed by atoms with van der Waals surface area (Å²) in [5.41, 5.74) is 0. The summed E-state index contributed by atoms with van der Waals surface area (Å²) in [6.45, 7) is 0. The maximum absolute atomic E-state index is 10.6. The lowest BCUT2D eigenvalue weighted by atomic mass is 9.76. The first-order valence-corrected chi connectivity index (χ1v) is 8.02. The first kappa shape index (κ1) is 15.9. The molecule has 6 nitrogen and oxygen atoms in total. The predicted molar refractivity (Wildman–Crippen MR) is 78.4 cm³/mol. The third-order valence-electron chi connectivity index (χ3n) is 5.02. The first-order valence-electron chi connectivity index (χ1n) is 8.02. The number of carboxylic acid groups (broad SMARTS) is 2. The van der Waals surface area contributed by atoms with Crippen LogP contribution in [0.3, 0.4) is 0 Å². The number of carbonyl (C=O) groups is 2. The average Bonchev–Trinajstić information content (AvgIpc) is 2.42. The topological polar surface area (TPSA) is 98.7 Å². The molecule has 0 aromatic rings. The molecule has 2 saturated carbocycles. The van der Waals surface area contributed by atoms with Crippen molar-refractivity contribution in [2.75, 3.05) is 0 Å². The molecule has 0 heterocycles. The molecular weight excluding hydrogens is 272 g/mol. The number of hydrogen-bond acceptors (Lipinski definition) is 2. The van der Waals surface area contributed by atoms with Gasteiger partial charge in [0.05, 0.1) is 0 Å². The van der Waals surface area contributed by atoms with Crippen LogP contribution in [-0.2, 0) is 0 Å². The van der Waals surface area contributed by atoms with E-state index in [2.05, 4.69) is 10.6 Å². The van der Waals surface area contributed by atoms with Crippen LogP contribution in [-0.4, -0.2) is 34.5 Å². The van der Waals surface area contributed by atoms with Crippen molar-refractivity contribution in [1.29, 1.82) is 0 Å². The van der Waals surface area contributed by atoms with Crippen molar-refractivity contribution in [3.63, 3.8) is 0 Å². The number of hydrogen-bond donors (Lipinski definition) is 4. The number of rotatable bonds is 4. The van der Waals surface area contributed by atoms with Gasteiger partial charge in [-0.15, -0.1) is 0 Å². The van der Waals surface area contributed by atoms with E-state index in [1.54, 1.807) is 0 Å². The van der Waals surface area contributed by atoms with E-state index in [1.807, 2.05) is 0 Å². The molecule has 0 aromatic heterocycles. The van der Waals surface area contributed by atoms with Crippen LogP contribution in [0.25, 0.3) is 0 Å². The smallest absolute Gasteiger partial charge is 0.404 e. The zero-order valence-electron chi connectivity index (χ0n) is 12.4. The Labute approximate surface area is 125 Å². The summed E-state index contributed by atoms with van der Waals surface area (Å²) in [5.74, 6) is 1.43. The van der Waals surface area contributed by atoms with E-state index in [0.29, 0.717) is 11.8 Å².